The number of nitrogens with zero attached hydrogens (tertiary/aromatic N) is 2. The van der Waals surface area contributed by atoms with Crippen molar-refractivity contribution in [1.82, 2.24) is 20.3 Å². The second-order valence-electron chi connectivity index (χ2n) is 6.10. The van der Waals surface area contributed by atoms with Crippen molar-refractivity contribution in [2.75, 3.05) is 6.54 Å². The molecule has 0 saturated heterocycles. The van der Waals surface area contributed by atoms with Gasteiger partial charge in [0.1, 0.15) is 0 Å². The Morgan fingerprint density at radius 3 is 3.00 bits per heavy atom. The van der Waals surface area contributed by atoms with Gasteiger partial charge in [-0.3, -0.25) is 4.98 Å². The largest absolute Gasteiger partial charge is 0.348 e. The molecule has 1 aliphatic carbocycles. The Labute approximate surface area is 146 Å². The van der Waals surface area contributed by atoms with Gasteiger partial charge >= 0.3 is 0 Å². The van der Waals surface area contributed by atoms with Crippen LogP contribution in [0.4, 0.5) is 0 Å². The Morgan fingerprint density at radius 2 is 2.12 bits per heavy atom. The second kappa shape index (κ2) is 6.75. The third-order valence-corrected chi connectivity index (χ3v) is 4.81. The first-order valence-corrected chi connectivity index (χ1v) is 8.62. The minimum Gasteiger partial charge on any atom is -0.348 e. The molecule has 2 aromatic heterocycles. The smallest absolute Gasteiger partial charge is 0.0921 e. The quantitative estimate of drug-likeness (QED) is 0.765. The minimum absolute atomic E-state index is 0.0962. The molecule has 1 aromatic carbocycles. The van der Waals surface area contributed by atoms with E-state index in [4.69, 9.17) is 11.6 Å². The molecule has 0 aliphatic heterocycles. The van der Waals surface area contributed by atoms with Crippen molar-refractivity contribution in [1.29, 1.82) is 0 Å². The van der Waals surface area contributed by atoms with E-state index in [0.29, 0.717) is 0 Å². The molecular weight excluding hydrogens is 320 g/mol. The summed E-state index contributed by atoms with van der Waals surface area (Å²) < 4.78 is 0. The van der Waals surface area contributed by atoms with Gasteiger partial charge in [-0.2, -0.15) is 0 Å². The van der Waals surface area contributed by atoms with Gasteiger partial charge in [0, 0.05) is 36.1 Å². The molecule has 4 rings (SSSR count). The molecule has 2 N–H and O–H groups in total. The number of aromatic amines is 1. The van der Waals surface area contributed by atoms with Crippen LogP contribution in [0.3, 0.4) is 0 Å². The van der Waals surface area contributed by atoms with Crippen molar-refractivity contribution in [3.05, 3.63) is 82.2 Å². The highest BCUT2D eigenvalue weighted by atomic mass is 35.5. The Balaban J connectivity index is 1.65. The third kappa shape index (κ3) is 3.07. The summed E-state index contributed by atoms with van der Waals surface area (Å²) in [5.41, 5.74) is 6.15. The van der Waals surface area contributed by atoms with Crippen LogP contribution in [-0.2, 0) is 19.3 Å². The van der Waals surface area contributed by atoms with E-state index in [2.05, 4.69) is 38.5 Å². The highest BCUT2D eigenvalue weighted by Gasteiger charge is 2.24. The zero-order valence-electron chi connectivity index (χ0n) is 13.3. The van der Waals surface area contributed by atoms with Gasteiger partial charge in [-0.15, -0.1) is 0 Å². The van der Waals surface area contributed by atoms with E-state index in [0.717, 1.165) is 42.2 Å². The minimum atomic E-state index is 0.0962. The van der Waals surface area contributed by atoms with Gasteiger partial charge in [0.05, 0.1) is 18.1 Å². The fourth-order valence-electron chi connectivity index (χ4n) is 3.39. The lowest BCUT2D eigenvalue weighted by Gasteiger charge is -2.21. The van der Waals surface area contributed by atoms with Crippen LogP contribution in [0.25, 0.3) is 0 Å². The number of hydrogen-bond acceptors (Lipinski definition) is 3. The fourth-order valence-corrected chi connectivity index (χ4v) is 3.59. The van der Waals surface area contributed by atoms with E-state index in [9.17, 15) is 0 Å². The Bertz CT molecular complexity index is 829. The number of benzene rings is 1. The molecule has 24 heavy (non-hydrogen) atoms. The number of imidazole rings is 1. The lowest BCUT2D eigenvalue weighted by Crippen LogP contribution is -2.26. The molecule has 0 fully saturated rings. The van der Waals surface area contributed by atoms with Crippen molar-refractivity contribution in [3.8, 4) is 0 Å². The van der Waals surface area contributed by atoms with E-state index in [1.54, 1.807) is 6.33 Å². The summed E-state index contributed by atoms with van der Waals surface area (Å²) in [6.45, 7) is 0.852. The zero-order valence-corrected chi connectivity index (χ0v) is 14.1. The van der Waals surface area contributed by atoms with Crippen LogP contribution in [0.1, 0.15) is 34.1 Å². The molecule has 0 amide bonds. The maximum absolute atomic E-state index is 6.21. The van der Waals surface area contributed by atoms with E-state index >= 15 is 0 Å². The second-order valence-corrected chi connectivity index (χ2v) is 6.54. The molecule has 0 bridgehead atoms. The van der Waals surface area contributed by atoms with E-state index < -0.39 is 0 Å². The first-order chi connectivity index (χ1) is 11.8. The number of hydrogen-bond donors (Lipinski definition) is 2. The van der Waals surface area contributed by atoms with E-state index in [-0.39, 0.29) is 6.04 Å². The van der Waals surface area contributed by atoms with Gasteiger partial charge in [0.2, 0.25) is 0 Å². The zero-order chi connectivity index (χ0) is 16.4. The molecule has 1 aliphatic rings. The van der Waals surface area contributed by atoms with Crippen molar-refractivity contribution in [2.24, 2.45) is 0 Å². The lowest BCUT2D eigenvalue weighted by atomic mass is 9.98. The number of pyridine rings is 1. The molecular formula is C19H19ClN4. The maximum Gasteiger partial charge on any atom is 0.0921 e. The number of fused-ring (bicyclic) bond motifs is 2. The lowest BCUT2D eigenvalue weighted by molar-refractivity contribution is 0.588. The van der Waals surface area contributed by atoms with Crippen molar-refractivity contribution in [2.45, 2.75) is 25.3 Å². The Kier molecular flexibility index (Phi) is 4.32. The average molecular weight is 339 g/mol. The standard InChI is InChI=1S/C19H19ClN4/c20-15-5-6-17-14(10-15)4-3-13-2-1-8-22-18(13)19(17)23-9-7-16-11-21-12-24-16/h1-2,5-6,8,10-12,19,23H,3-4,7,9H2,(H,21,24). The van der Waals surface area contributed by atoms with Gasteiger partial charge in [0.25, 0.3) is 0 Å². The van der Waals surface area contributed by atoms with Gasteiger partial charge in [-0.05, 0) is 47.7 Å². The molecule has 0 saturated carbocycles. The van der Waals surface area contributed by atoms with Gasteiger partial charge in [-0.25, -0.2) is 4.98 Å². The highest BCUT2D eigenvalue weighted by Crippen LogP contribution is 2.32. The molecule has 2 heterocycles. The monoisotopic (exact) mass is 338 g/mol. The molecule has 1 unspecified atom stereocenters. The molecule has 5 heteroatoms. The first-order valence-electron chi connectivity index (χ1n) is 8.24. The van der Waals surface area contributed by atoms with Crippen LogP contribution in [0, 0.1) is 0 Å². The van der Waals surface area contributed by atoms with Crippen LogP contribution >= 0.6 is 11.6 Å². The summed E-state index contributed by atoms with van der Waals surface area (Å²) in [6, 6.07) is 10.5. The Morgan fingerprint density at radius 1 is 1.21 bits per heavy atom. The number of nitrogens with one attached hydrogen (secondary N) is 2. The number of aryl methyl sites for hydroxylation is 2. The number of aromatic nitrogens is 3. The van der Waals surface area contributed by atoms with Crippen LogP contribution in [0.5, 0.6) is 0 Å². The van der Waals surface area contributed by atoms with Gasteiger partial charge in [0.15, 0.2) is 0 Å². The average Bonchev–Trinajstić information content (AvgIpc) is 3.06. The van der Waals surface area contributed by atoms with Crippen LogP contribution in [0.15, 0.2) is 49.1 Å². The maximum atomic E-state index is 6.21. The number of rotatable bonds is 4. The Hall–Kier alpha value is -2.17. The summed E-state index contributed by atoms with van der Waals surface area (Å²) in [6.07, 6.45) is 8.36. The SMILES string of the molecule is Clc1ccc2c(c1)CCc1cccnc1C2NCCc1cnc[nH]1. The van der Waals surface area contributed by atoms with Crippen LogP contribution in [-0.4, -0.2) is 21.5 Å². The van der Waals surface area contributed by atoms with Gasteiger partial charge in [-0.1, -0.05) is 23.7 Å². The van der Waals surface area contributed by atoms with Gasteiger partial charge < -0.3 is 10.3 Å². The summed E-state index contributed by atoms with van der Waals surface area (Å²) in [7, 11) is 0. The number of halogens is 1. The summed E-state index contributed by atoms with van der Waals surface area (Å²) in [5.74, 6) is 0. The first kappa shape index (κ1) is 15.4. The van der Waals surface area contributed by atoms with E-state index in [1.165, 1.54) is 16.7 Å². The molecule has 0 radical (unpaired) electrons. The van der Waals surface area contributed by atoms with E-state index in [1.807, 2.05) is 24.5 Å². The highest BCUT2D eigenvalue weighted by molar-refractivity contribution is 6.30. The molecule has 4 nitrogen and oxygen atoms in total. The predicted octanol–water partition coefficient (Wildman–Crippen LogP) is 3.48. The molecule has 0 spiro atoms. The fraction of sp³-hybridized carbons (Fsp3) is 0.263. The van der Waals surface area contributed by atoms with Crippen molar-refractivity contribution < 1.29 is 0 Å². The number of H-pyrrole nitrogens is 1. The summed E-state index contributed by atoms with van der Waals surface area (Å²) in [5, 5.41) is 4.47. The van der Waals surface area contributed by atoms with Crippen LogP contribution < -0.4 is 5.32 Å². The van der Waals surface area contributed by atoms with Crippen molar-refractivity contribution >= 4 is 11.6 Å². The third-order valence-electron chi connectivity index (χ3n) is 4.58. The molecule has 122 valence electrons. The molecule has 1 atom stereocenters. The summed E-state index contributed by atoms with van der Waals surface area (Å²) in [4.78, 5) is 11.9. The summed E-state index contributed by atoms with van der Waals surface area (Å²) >= 11 is 6.21. The molecule has 3 aromatic rings. The predicted molar refractivity (Wildman–Crippen MR) is 95.2 cm³/mol. The normalized spacial score (nSPS) is 16.3. The topological polar surface area (TPSA) is 53.6 Å². The van der Waals surface area contributed by atoms with Crippen molar-refractivity contribution in [3.63, 3.8) is 0 Å². The van der Waals surface area contributed by atoms with Crippen LogP contribution in [0.2, 0.25) is 5.02 Å².